The Morgan fingerprint density at radius 3 is 1.33 bits per heavy atom. The molecular formula is C45H75O8P. The molecule has 0 radical (unpaired) electrons. The summed E-state index contributed by atoms with van der Waals surface area (Å²) in [6.45, 7) is 5.19. The van der Waals surface area contributed by atoms with Gasteiger partial charge >= 0.3 is 19.8 Å². The molecule has 308 valence electrons. The number of carbonyl (C=O) groups is 2. The van der Waals surface area contributed by atoms with Crippen LogP contribution in [0.2, 0.25) is 0 Å². The van der Waals surface area contributed by atoms with Gasteiger partial charge in [0, 0.05) is 12.8 Å². The van der Waals surface area contributed by atoms with E-state index < -0.39 is 32.5 Å². The van der Waals surface area contributed by atoms with Gasteiger partial charge in [0.2, 0.25) is 0 Å². The first-order chi connectivity index (χ1) is 26.3. The Labute approximate surface area is 329 Å². The molecule has 0 spiro atoms. The molecule has 0 amide bonds. The molecular weight excluding hydrogens is 699 g/mol. The van der Waals surface area contributed by atoms with Gasteiger partial charge in [-0.15, -0.1) is 0 Å². The molecule has 0 aliphatic heterocycles. The third-order valence-electron chi connectivity index (χ3n) is 8.20. The maximum Gasteiger partial charge on any atom is 0.472 e. The van der Waals surface area contributed by atoms with E-state index in [1.165, 1.54) is 0 Å². The number of hydrogen-bond donors (Lipinski definition) is 1. The van der Waals surface area contributed by atoms with Crippen LogP contribution in [-0.4, -0.2) is 42.8 Å². The van der Waals surface area contributed by atoms with Gasteiger partial charge in [0.15, 0.2) is 6.10 Å². The van der Waals surface area contributed by atoms with Crippen LogP contribution in [0.15, 0.2) is 85.1 Å². The minimum absolute atomic E-state index is 0.0105. The molecule has 0 saturated heterocycles. The minimum Gasteiger partial charge on any atom is -0.462 e. The lowest BCUT2D eigenvalue weighted by Gasteiger charge is -2.19. The molecule has 8 nitrogen and oxygen atoms in total. The molecule has 9 heteroatoms. The van der Waals surface area contributed by atoms with E-state index in [0.29, 0.717) is 12.8 Å². The summed E-state index contributed by atoms with van der Waals surface area (Å²) >= 11 is 0. The van der Waals surface area contributed by atoms with E-state index in [1.807, 2.05) is 0 Å². The predicted molar refractivity (Wildman–Crippen MR) is 225 cm³/mol. The molecule has 0 aliphatic rings. The van der Waals surface area contributed by atoms with Gasteiger partial charge in [0.05, 0.1) is 13.2 Å². The first-order valence-corrected chi connectivity index (χ1v) is 22.4. The average Bonchev–Trinajstić information content (AvgIpc) is 3.15. The molecule has 2 atom stereocenters. The van der Waals surface area contributed by atoms with Gasteiger partial charge in [-0.1, -0.05) is 144 Å². The van der Waals surface area contributed by atoms with Crippen molar-refractivity contribution in [1.29, 1.82) is 0 Å². The lowest BCUT2D eigenvalue weighted by atomic mass is 10.1. The van der Waals surface area contributed by atoms with Crippen molar-refractivity contribution in [1.82, 2.24) is 0 Å². The van der Waals surface area contributed by atoms with Crippen molar-refractivity contribution in [2.24, 2.45) is 0 Å². The minimum atomic E-state index is -4.29. The highest BCUT2D eigenvalue weighted by atomic mass is 31.2. The normalized spacial score (nSPS) is 14.2. The van der Waals surface area contributed by atoms with Crippen LogP contribution in [-0.2, 0) is 32.7 Å². The summed E-state index contributed by atoms with van der Waals surface area (Å²) < 4.78 is 32.6. The van der Waals surface area contributed by atoms with Crippen molar-refractivity contribution in [3.8, 4) is 0 Å². The Balaban J connectivity index is 4.17. The van der Waals surface area contributed by atoms with Crippen molar-refractivity contribution in [2.45, 2.75) is 168 Å². The lowest BCUT2D eigenvalue weighted by molar-refractivity contribution is -0.161. The van der Waals surface area contributed by atoms with Crippen LogP contribution < -0.4 is 0 Å². The third kappa shape index (κ3) is 38.9. The Bertz CT molecular complexity index is 1150. The summed E-state index contributed by atoms with van der Waals surface area (Å²) in [4.78, 5) is 34.7. The molecule has 0 aliphatic carbocycles. The smallest absolute Gasteiger partial charge is 0.462 e. The molecule has 0 aromatic rings. The maximum absolute atomic E-state index is 12.6. The van der Waals surface area contributed by atoms with Crippen LogP contribution >= 0.6 is 7.82 Å². The summed E-state index contributed by atoms with van der Waals surface area (Å²) in [5, 5.41) is 0. The largest absolute Gasteiger partial charge is 0.472 e. The molecule has 0 bridgehead atoms. The highest BCUT2D eigenvalue weighted by Crippen LogP contribution is 2.43. The first-order valence-electron chi connectivity index (χ1n) is 20.9. The zero-order chi connectivity index (χ0) is 39.6. The topological polar surface area (TPSA) is 108 Å². The van der Waals surface area contributed by atoms with E-state index in [2.05, 4.69) is 98.9 Å². The Morgan fingerprint density at radius 1 is 0.500 bits per heavy atom. The van der Waals surface area contributed by atoms with Crippen molar-refractivity contribution in [2.75, 3.05) is 19.8 Å². The predicted octanol–water partition coefficient (Wildman–Crippen LogP) is 13.1. The van der Waals surface area contributed by atoms with Gasteiger partial charge in [-0.2, -0.15) is 0 Å². The highest BCUT2D eigenvalue weighted by molar-refractivity contribution is 7.47. The number of rotatable bonds is 37. The number of allylic oxidation sites excluding steroid dienone is 14. The van der Waals surface area contributed by atoms with Crippen LogP contribution in [0.5, 0.6) is 0 Å². The van der Waals surface area contributed by atoms with E-state index in [9.17, 15) is 19.0 Å². The monoisotopic (exact) mass is 775 g/mol. The highest BCUT2D eigenvalue weighted by Gasteiger charge is 2.25. The third-order valence-corrected chi connectivity index (χ3v) is 9.26. The molecule has 0 saturated carbocycles. The summed E-state index contributed by atoms with van der Waals surface area (Å²) in [6.07, 6.45) is 50.6. The number of hydrogen-bond acceptors (Lipinski definition) is 7. The second kappa shape index (κ2) is 39.9. The summed E-state index contributed by atoms with van der Waals surface area (Å²) in [5.41, 5.74) is 0. The number of phosphoric ester groups is 1. The van der Waals surface area contributed by atoms with E-state index in [0.717, 1.165) is 116 Å². The van der Waals surface area contributed by atoms with Crippen LogP contribution in [0.25, 0.3) is 0 Å². The summed E-state index contributed by atoms with van der Waals surface area (Å²) in [6, 6.07) is 0. The average molecular weight is 775 g/mol. The van der Waals surface area contributed by atoms with Gasteiger partial charge in [0.1, 0.15) is 6.61 Å². The van der Waals surface area contributed by atoms with Crippen LogP contribution in [0, 0.1) is 0 Å². The molecule has 54 heavy (non-hydrogen) atoms. The lowest BCUT2D eigenvalue weighted by Crippen LogP contribution is -2.29. The Morgan fingerprint density at radius 2 is 0.889 bits per heavy atom. The zero-order valence-corrected chi connectivity index (χ0v) is 35.0. The number of carbonyl (C=O) groups excluding carboxylic acids is 2. The molecule has 0 aromatic heterocycles. The van der Waals surface area contributed by atoms with E-state index in [1.54, 1.807) is 6.92 Å². The van der Waals surface area contributed by atoms with E-state index in [4.69, 9.17) is 18.5 Å². The number of unbranched alkanes of at least 4 members (excludes halogenated alkanes) is 11. The van der Waals surface area contributed by atoms with Crippen LogP contribution in [0.4, 0.5) is 0 Å². The maximum atomic E-state index is 12.6. The van der Waals surface area contributed by atoms with Crippen LogP contribution in [0.1, 0.15) is 162 Å². The summed E-state index contributed by atoms with van der Waals surface area (Å²) in [7, 11) is -4.29. The van der Waals surface area contributed by atoms with Gasteiger partial charge < -0.3 is 14.4 Å². The fourth-order valence-electron chi connectivity index (χ4n) is 5.22. The van der Waals surface area contributed by atoms with Crippen molar-refractivity contribution in [3.63, 3.8) is 0 Å². The van der Waals surface area contributed by atoms with Crippen molar-refractivity contribution < 1.29 is 37.6 Å². The Hall–Kier alpha value is -2.77. The van der Waals surface area contributed by atoms with Crippen LogP contribution in [0.3, 0.4) is 0 Å². The quantitative estimate of drug-likeness (QED) is 0.0288. The molecule has 0 fully saturated rings. The van der Waals surface area contributed by atoms with Crippen molar-refractivity contribution >= 4 is 19.8 Å². The van der Waals surface area contributed by atoms with E-state index in [-0.39, 0.29) is 26.1 Å². The molecule has 2 unspecified atom stereocenters. The van der Waals surface area contributed by atoms with E-state index >= 15 is 0 Å². The number of ether oxygens (including phenoxy) is 2. The van der Waals surface area contributed by atoms with Gasteiger partial charge in [0.25, 0.3) is 0 Å². The molecule has 0 aromatic carbocycles. The van der Waals surface area contributed by atoms with Gasteiger partial charge in [-0.25, -0.2) is 4.57 Å². The molecule has 0 heterocycles. The zero-order valence-electron chi connectivity index (χ0n) is 34.1. The SMILES string of the molecule is CC/C=C\C/C=C\C/C=C\C/C=C\CCCCCCCCC(=O)OC(COC(=O)CCCCCCC/C=C\C/C=C\C/C=C\CC)COP(=O)(O)OCC. The second-order valence-electron chi connectivity index (χ2n) is 13.2. The number of esters is 2. The first kappa shape index (κ1) is 51.2. The van der Waals surface area contributed by atoms with Gasteiger partial charge in [-0.3, -0.25) is 18.6 Å². The fourth-order valence-corrected chi connectivity index (χ4v) is 5.98. The second-order valence-corrected chi connectivity index (χ2v) is 14.7. The number of phosphoric acid groups is 1. The fraction of sp³-hybridized carbons (Fsp3) is 0.644. The summed E-state index contributed by atoms with van der Waals surface area (Å²) in [5.74, 6) is -0.842. The van der Waals surface area contributed by atoms with Gasteiger partial charge in [-0.05, 0) is 90.4 Å². The molecule has 0 rings (SSSR count). The Kier molecular flexibility index (Phi) is 37.9. The standard InChI is InChI=1S/C45H75O8P/c1-4-7-9-11-13-15-17-19-21-22-23-24-26-28-30-32-34-36-38-40-45(47)53-43(42-52-54(48,49)51-6-3)41-50-44(46)39-37-35-33-31-29-27-25-20-18-16-14-12-10-8-5-2/h7-10,13-16,19-21,23-25,43H,4-6,11-12,17-18,22,26-42H2,1-3H3,(H,48,49)/b9-7-,10-8-,15-13-,16-14-,21-19-,24-23-,25-20-. The molecule has 1 N–H and O–H groups in total. The van der Waals surface area contributed by atoms with Crippen molar-refractivity contribution in [3.05, 3.63) is 85.1 Å².